The van der Waals surface area contributed by atoms with E-state index in [0.29, 0.717) is 33.8 Å². The van der Waals surface area contributed by atoms with E-state index in [2.05, 4.69) is 0 Å². The zero-order valence-corrected chi connectivity index (χ0v) is 15.9. The Morgan fingerprint density at radius 2 is 1.47 bits per heavy atom. The molecule has 0 aliphatic rings. The van der Waals surface area contributed by atoms with Gasteiger partial charge in [-0.3, -0.25) is 20.2 Å². The first-order valence-corrected chi connectivity index (χ1v) is 9.16. The number of amidine groups is 2. The number of pyridine rings is 1. The summed E-state index contributed by atoms with van der Waals surface area (Å²) in [4.78, 5) is 12.8. The molecule has 0 unspecified atom stereocenters. The van der Waals surface area contributed by atoms with Crippen LogP contribution < -0.4 is 21.8 Å². The highest BCUT2D eigenvalue weighted by Gasteiger charge is 2.13. The molecule has 0 spiro atoms. The van der Waals surface area contributed by atoms with Gasteiger partial charge in [0.05, 0.1) is 11.2 Å². The second-order valence-corrected chi connectivity index (χ2v) is 6.71. The molecule has 4 rings (SSSR count). The smallest absolute Gasteiger partial charge is 0.255 e. The van der Waals surface area contributed by atoms with Crippen LogP contribution in [0.25, 0.3) is 16.6 Å². The number of nitrogens with two attached hydrogens (primary N) is 2. The van der Waals surface area contributed by atoms with E-state index in [0.717, 1.165) is 5.39 Å². The maximum atomic E-state index is 12.8. The van der Waals surface area contributed by atoms with Gasteiger partial charge < -0.3 is 16.2 Å². The molecule has 0 fully saturated rings. The summed E-state index contributed by atoms with van der Waals surface area (Å²) in [6.07, 6.45) is 0. The summed E-state index contributed by atoms with van der Waals surface area (Å²) in [6, 6.07) is 22.6. The van der Waals surface area contributed by atoms with E-state index in [9.17, 15) is 4.79 Å². The maximum absolute atomic E-state index is 12.8. The first-order valence-electron chi connectivity index (χ1n) is 9.16. The Labute approximate surface area is 172 Å². The van der Waals surface area contributed by atoms with Crippen LogP contribution in [0.15, 0.2) is 83.7 Å². The summed E-state index contributed by atoms with van der Waals surface area (Å²) >= 11 is 0. The molecule has 0 atom stereocenters. The average molecular weight is 397 g/mol. The van der Waals surface area contributed by atoms with Crippen LogP contribution >= 0.6 is 0 Å². The minimum Gasteiger partial charge on any atom is -0.455 e. The number of nitrogens with one attached hydrogen (secondary N) is 2. The van der Waals surface area contributed by atoms with Gasteiger partial charge in [-0.2, -0.15) is 0 Å². The van der Waals surface area contributed by atoms with E-state index in [-0.39, 0.29) is 17.2 Å². The van der Waals surface area contributed by atoms with Crippen molar-refractivity contribution in [1.82, 2.24) is 4.57 Å². The van der Waals surface area contributed by atoms with Crippen LogP contribution in [0.1, 0.15) is 11.1 Å². The van der Waals surface area contributed by atoms with Crippen LogP contribution in [-0.4, -0.2) is 16.2 Å². The number of aromatic nitrogens is 1. The number of para-hydroxylation sites is 1. The fourth-order valence-electron chi connectivity index (χ4n) is 3.26. The molecule has 30 heavy (non-hydrogen) atoms. The quantitative estimate of drug-likeness (QED) is 0.304. The van der Waals surface area contributed by atoms with E-state index < -0.39 is 0 Å². The predicted octanol–water partition coefficient (Wildman–Crippen LogP) is 3.35. The van der Waals surface area contributed by atoms with Crippen molar-refractivity contribution >= 4 is 22.6 Å². The van der Waals surface area contributed by atoms with Gasteiger partial charge >= 0.3 is 0 Å². The molecule has 1 heterocycles. The lowest BCUT2D eigenvalue weighted by atomic mass is 10.1. The minimum atomic E-state index is -0.239. The van der Waals surface area contributed by atoms with Crippen LogP contribution in [0.2, 0.25) is 0 Å². The summed E-state index contributed by atoms with van der Waals surface area (Å²) in [5.41, 5.74) is 13.2. The molecular formula is C23H19N5O2. The number of rotatable bonds is 5. The van der Waals surface area contributed by atoms with Gasteiger partial charge in [0.15, 0.2) is 5.75 Å². The van der Waals surface area contributed by atoms with Gasteiger partial charge in [0.1, 0.15) is 17.4 Å². The van der Waals surface area contributed by atoms with Crippen molar-refractivity contribution in [2.45, 2.75) is 0 Å². The first kappa shape index (κ1) is 18.9. The molecule has 7 heteroatoms. The maximum Gasteiger partial charge on any atom is 0.255 e. The second kappa shape index (κ2) is 7.56. The Bertz CT molecular complexity index is 1360. The minimum absolute atomic E-state index is 0.0590. The zero-order valence-electron chi connectivity index (χ0n) is 15.9. The third-order valence-corrected chi connectivity index (χ3v) is 4.67. The largest absolute Gasteiger partial charge is 0.455 e. The van der Waals surface area contributed by atoms with Crippen molar-refractivity contribution < 1.29 is 4.74 Å². The summed E-state index contributed by atoms with van der Waals surface area (Å²) < 4.78 is 7.63. The number of fused-ring (bicyclic) bond motifs is 1. The lowest BCUT2D eigenvalue weighted by Gasteiger charge is -2.15. The topological polar surface area (TPSA) is 131 Å². The van der Waals surface area contributed by atoms with Crippen LogP contribution in [0.4, 0.5) is 0 Å². The predicted molar refractivity (Wildman–Crippen MR) is 118 cm³/mol. The Hall–Kier alpha value is -4.39. The zero-order chi connectivity index (χ0) is 21.3. The fraction of sp³-hybridized carbons (Fsp3) is 0. The highest BCUT2D eigenvalue weighted by molar-refractivity contribution is 5.96. The lowest BCUT2D eigenvalue weighted by Crippen LogP contribution is -2.19. The standard InChI is InChI=1S/C23H19N5O2/c24-22(25)15-5-1-7-17(12-15)28-20(29)11-10-14-4-3-9-19(21(14)28)30-18-8-2-6-16(13-18)23(26)27/h1-13H,(H3,24,25)(H3,26,27). The van der Waals surface area contributed by atoms with Crippen LogP contribution in [0.3, 0.4) is 0 Å². The summed E-state index contributed by atoms with van der Waals surface area (Å²) in [6.45, 7) is 0. The van der Waals surface area contributed by atoms with Gasteiger partial charge in [0.2, 0.25) is 0 Å². The molecule has 0 saturated carbocycles. The first-order chi connectivity index (χ1) is 14.4. The van der Waals surface area contributed by atoms with Crippen molar-refractivity contribution in [3.63, 3.8) is 0 Å². The number of nitrogen functional groups attached to an aromatic ring is 2. The normalized spacial score (nSPS) is 10.7. The molecule has 0 radical (unpaired) electrons. The van der Waals surface area contributed by atoms with Crippen molar-refractivity contribution in [3.05, 3.63) is 100 Å². The summed E-state index contributed by atoms with van der Waals surface area (Å²) in [5, 5.41) is 16.1. The molecule has 0 aliphatic heterocycles. The van der Waals surface area contributed by atoms with Gasteiger partial charge in [0.25, 0.3) is 5.56 Å². The summed E-state index contributed by atoms with van der Waals surface area (Å²) in [7, 11) is 0. The Kier molecular flexibility index (Phi) is 4.77. The van der Waals surface area contributed by atoms with Crippen molar-refractivity contribution in [2.24, 2.45) is 11.5 Å². The number of benzene rings is 3. The molecule has 0 saturated heterocycles. The highest BCUT2D eigenvalue weighted by Crippen LogP contribution is 2.31. The molecule has 0 aliphatic carbocycles. The lowest BCUT2D eigenvalue weighted by molar-refractivity contribution is 0.486. The Morgan fingerprint density at radius 1 is 0.800 bits per heavy atom. The van der Waals surface area contributed by atoms with Gasteiger partial charge in [-0.05, 0) is 36.4 Å². The van der Waals surface area contributed by atoms with E-state index in [1.165, 1.54) is 10.6 Å². The monoisotopic (exact) mass is 397 g/mol. The molecular weight excluding hydrogens is 378 g/mol. The Morgan fingerprint density at radius 3 is 2.20 bits per heavy atom. The van der Waals surface area contributed by atoms with E-state index in [4.69, 9.17) is 27.0 Å². The van der Waals surface area contributed by atoms with Crippen molar-refractivity contribution in [2.75, 3.05) is 0 Å². The number of hydrogen-bond donors (Lipinski definition) is 4. The van der Waals surface area contributed by atoms with E-state index in [1.807, 2.05) is 12.1 Å². The third-order valence-electron chi connectivity index (χ3n) is 4.67. The molecule has 3 aromatic carbocycles. The molecule has 1 aromatic heterocycles. The fourth-order valence-corrected chi connectivity index (χ4v) is 3.26. The van der Waals surface area contributed by atoms with Gasteiger partial charge in [0, 0.05) is 22.6 Å². The molecule has 4 aromatic rings. The van der Waals surface area contributed by atoms with Crippen LogP contribution in [0.5, 0.6) is 11.5 Å². The van der Waals surface area contributed by atoms with E-state index >= 15 is 0 Å². The van der Waals surface area contributed by atoms with Gasteiger partial charge in [-0.1, -0.05) is 36.4 Å². The number of nitrogens with zero attached hydrogens (tertiary/aromatic N) is 1. The molecule has 0 bridgehead atoms. The second-order valence-electron chi connectivity index (χ2n) is 6.71. The number of ether oxygens (including phenoxy) is 1. The Balaban J connectivity index is 1.93. The number of hydrogen-bond acceptors (Lipinski definition) is 4. The molecule has 148 valence electrons. The van der Waals surface area contributed by atoms with Gasteiger partial charge in [-0.15, -0.1) is 0 Å². The van der Waals surface area contributed by atoms with Crippen molar-refractivity contribution in [1.29, 1.82) is 10.8 Å². The summed E-state index contributed by atoms with van der Waals surface area (Å²) in [5.74, 6) is 0.827. The van der Waals surface area contributed by atoms with E-state index in [1.54, 1.807) is 60.7 Å². The molecule has 6 N–H and O–H groups in total. The van der Waals surface area contributed by atoms with Gasteiger partial charge in [-0.25, -0.2) is 0 Å². The van der Waals surface area contributed by atoms with Crippen molar-refractivity contribution in [3.8, 4) is 17.2 Å². The third kappa shape index (κ3) is 3.51. The van der Waals surface area contributed by atoms with Crippen LogP contribution in [0, 0.1) is 10.8 Å². The van der Waals surface area contributed by atoms with Crippen LogP contribution in [-0.2, 0) is 0 Å². The average Bonchev–Trinajstić information content (AvgIpc) is 2.74. The molecule has 7 nitrogen and oxygen atoms in total. The molecule has 0 amide bonds. The highest BCUT2D eigenvalue weighted by atomic mass is 16.5. The SMILES string of the molecule is N=C(N)c1cccc(Oc2cccc3ccc(=O)n(-c4cccc(C(=N)N)c4)c23)c1.